The second-order valence-corrected chi connectivity index (χ2v) is 5.85. The summed E-state index contributed by atoms with van der Waals surface area (Å²) in [5.74, 6) is -0.0946. The number of carbonyl (C=O) groups is 1. The summed E-state index contributed by atoms with van der Waals surface area (Å²) in [5, 5.41) is 3.73. The monoisotopic (exact) mass is 348 g/mol. The number of hydrogen-bond acceptors (Lipinski definition) is 2. The highest BCUT2D eigenvalue weighted by molar-refractivity contribution is 9.10. The van der Waals surface area contributed by atoms with Crippen LogP contribution in [0.15, 0.2) is 22.9 Å². The van der Waals surface area contributed by atoms with E-state index in [0.29, 0.717) is 12.1 Å². The number of nitrogens with zero attached hydrogens (tertiary/aromatic N) is 1. The van der Waals surface area contributed by atoms with Crippen LogP contribution >= 0.6 is 31.9 Å². The van der Waals surface area contributed by atoms with E-state index in [1.165, 1.54) is 0 Å². The van der Waals surface area contributed by atoms with Crippen molar-refractivity contribution in [2.75, 3.05) is 11.9 Å². The van der Waals surface area contributed by atoms with Gasteiger partial charge in [0.15, 0.2) is 0 Å². The van der Waals surface area contributed by atoms with Gasteiger partial charge in [-0.05, 0) is 27.4 Å². The summed E-state index contributed by atoms with van der Waals surface area (Å²) in [6.07, 6.45) is 3.21. The number of alkyl halides is 1. The number of hydrogen-bond donors (Lipinski definition) is 1. The fourth-order valence-corrected chi connectivity index (χ4v) is 1.57. The van der Waals surface area contributed by atoms with Crippen molar-refractivity contribution >= 4 is 37.8 Å². The smallest absolute Gasteiger partial charge is 0.252 e. The second-order valence-electron chi connectivity index (χ2n) is 4.37. The van der Waals surface area contributed by atoms with E-state index < -0.39 is 0 Å². The maximum atomic E-state index is 11.8. The van der Waals surface area contributed by atoms with Gasteiger partial charge in [0.1, 0.15) is 0 Å². The van der Waals surface area contributed by atoms with Crippen molar-refractivity contribution in [3.05, 3.63) is 28.5 Å². The minimum atomic E-state index is -0.0946. The third kappa shape index (κ3) is 4.22. The Morgan fingerprint density at radius 2 is 2.19 bits per heavy atom. The van der Waals surface area contributed by atoms with Gasteiger partial charge in [-0.3, -0.25) is 9.78 Å². The largest absolute Gasteiger partial charge is 0.351 e. The SMILES string of the molecule is CC(C)(CBr)CNC(=O)c1cncc(Br)c1. The molecule has 5 heteroatoms. The number of rotatable bonds is 4. The van der Waals surface area contributed by atoms with E-state index in [-0.39, 0.29) is 11.3 Å². The molecule has 0 aliphatic rings. The van der Waals surface area contributed by atoms with E-state index in [9.17, 15) is 4.79 Å². The lowest BCUT2D eigenvalue weighted by molar-refractivity contribution is 0.0940. The third-order valence-corrected chi connectivity index (χ3v) is 4.01. The van der Waals surface area contributed by atoms with Crippen LogP contribution in [0, 0.1) is 5.41 Å². The summed E-state index contributed by atoms with van der Waals surface area (Å²) in [6, 6.07) is 1.75. The van der Waals surface area contributed by atoms with Gasteiger partial charge in [0.05, 0.1) is 5.56 Å². The highest BCUT2D eigenvalue weighted by Crippen LogP contribution is 2.16. The minimum absolute atomic E-state index is 0.0507. The van der Waals surface area contributed by atoms with E-state index in [4.69, 9.17) is 0 Å². The summed E-state index contributed by atoms with van der Waals surface area (Å²) in [5.41, 5.74) is 0.620. The fourth-order valence-electron chi connectivity index (χ4n) is 1.00. The molecule has 1 amide bonds. The molecule has 1 heterocycles. The maximum absolute atomic E-state index is 11.8. The number of halogens is 2. The van der Waals surface area contributed by atoms with Crippen LogP contribution in [0.5, 0.6) is 0 Å². The van der Waals surface area contributed by atoms with Gasteiger partial charge >= 0.3 is 0 Å². The molecule has 0 spiro atoms. The molecule has 0 atom stereocenters. The van der Waals surface area contributed by atoms with Crippen molar-refractivity contribution in [3.8, 4) is 0 Å². The molecule has 16 heavy (non-hydrogen) atoms. The van der Waals surface area contributed by atoms with Crippen molar-refractivity contribution in [3.63, 3.8) is 0 Å². The number of pyridine rings is 1. The molecule has 0 aliphatic heterocycles. The molecule has 0 aromatic carbocycles. The van der Waals surface area contributed by atoms with Gasteiger partial charge in [-0.2, -0.15) is 0 Å². The minimum Gasteiger partial charge on any atom is -0.351 e. The Morgan fingerprint density at radius 1 is 1.50 bits per heavy atom. The van der Waals surface area contributed by atoms with Gasteiger partial charge in [0.2, 0.25) is 0 Å². The molecule has 1 rings (SSSR count). The van der Waals surface area contributed by atoms with Gasteiger partial charge in [0, 0.05) is 28.7 Å². The van der Waals surface area contributed by atoms with Crippen LogP contribution in [-0.4, -0.2) is 22.8 Å². The average molecular weight is 350 g/mol. The molecule has 0 bridgehead atoms. The first-order chi connectivity index (χ1) is 7.44. The summed E-state index contributed by atoms with van der Waals surface area (Å²) >= 11 is 6.70. The summed E-state index contributed by atoms with van der Waals surface area (Å²) in [6.45, 7) is 4.80. The van der Waals surface area contributed by atoms with Crippen LogP contribution in [-0.2, 0) is 0 Å². The summed E-state index contributed by atoms with van der Waals surface area (Å²) in [7, 11) is 0. The topological polar surface area (TPSA) is 42.0 Å². The molecule has 0 radical (unpaired) electrons. The molecule has 1 N–H and O–H groups in total. The molecule has 1 aromatic rings. The van der Waals surface area contributed by atoms with E-state index in [0.717, 1.165) is 9.80 Å². The lowest BCUT2D eigenvalue weighted by Gasteiger charge is -2.21. The van der Waals surface area contributed by atoms with Crippen LogP contribution in [0.25, 0.3) is 0 Å². The highest BCUT2D eigenvalue weighted by Gasteiger charge is 2.17. The second kappa shape index (κ2) is 5.77. The van der Waals surface area contributed by atoms with Crippen molar-refractivity contribution in [2.24, 2.45) is 5.41 Å². The van der Waals surface area contributed by atoms with E-state index in [2.05, 4.69) is 56.0 Å². The number of aromatic nitrogens is 1. The summed E-state index contributed by atoms with van der Waals surface area (Å²) < 4.78 is 0.805. The van der Waals surface area contributed by atoms with Crippen LogP contribution in [0.2, 0.25) is 0 Å². The predicted molar refractivity (Wildman–Crippen MR) is 71.8 cm³/mol. The number of carbonyl (C=O) groups excluding carboxylic acids is 1. The molecule has 88 valence electrons. The number of amides is 1. The normalized spacial score (nSPS) is 11.2. The molecule has 0 saturated carbocycles. The molecular weight excluding hydrogens is 336 g/mol. The molecule has 0 saturated heterocycles. The Balaban J connectivity index is 2.60. The van der Waals surface area contributed by atoms with Crippen molar-refractivity contribution in [1.82, 2.24) is 10.3 Å². The fraction of sp³-hybridized carbons (Fsp3) is 0.455. The Labute approximate surface area is 112 Å². The van der Waals surface area contributed by atoms with Gasteiger partial charge in [-0.1, -0.05) is 29.8 Å². The molecule has 3 nitrogen and oxygen atoms in total. The van der Waals surface area contributed by atoms with Crippen LogP contribution in [0.1, 0.15) is 24.2 Å². The molecular formula is C11H14Br2N2O. The van der Waals surface area contributed by atoms with Gasteiger partial charge in [0.25, 0.3) is 5.91 Å². The first-order valence-electron chi connectivity index (χ1n) is 4.89. The first kappa shape index (κ1) is 13.6. The molecule has 0 aliphatic carbocycles. The Bertz CT molecular complexity index is 380. The highest BCUT2D eigenvalue weighted by atomic mass is 79.9. The molecule has 0 unspecified atom stereocenters. The Morgan fingerprint density at radius 3 is 2.75 bits per heavy atom. The van der Waals surface area contributed by atoms with Gasteiger partial charge in [-0.15, -0.1) is 0 Å². The standard InChI is InChI=1S/C11H14Br2N2O/c1-11(2,6-12)7-15-10(16)8-3-9(13)5-14-4-8/h3-5H,6-7H2,1-2H3,(H,15,16). The Kier molecular flexibility index (Phi) is 4.92. The van der Waals surface area contributed by atoms with Crippen LogP contribution < -0.4 is 5.32 Å². The van der Waals surface area contributed by atoms with E-state index in [1.807, 2.05) is 0 Å². The maximum Gasteiger partial charge on any atom is 0.252 e. The zero-order valence-corrected chi connectivity index (χ0v) is 12.4. The lowest BCUT2D eigenvalue weighted by Crippen LogP contribution is -2.34. The zero-order chi connectivity index (χ0) is 12.2. The van der Waals surface area contributed by atoms with Crippen molar-refractivity contribution < 1.29 is 4.79 Å². The van der Waals surface area contributed by atoms with Gasteiger partial charge < -0.3 is 5.32 Å². The zero-order valence-electron chi connectivity index (χ0n) is 9.26. The Hall–Kier alpha value is -0.420. The lowest BCUT2D eigenvalue weighted by atomic mass is 9.97. The average Bonchev–Trinajstić information content (AvgIpc) is 2.26. The van der Waals surface area contributed by atoms with Crippen LogP contribution in [0.3, 0.4) is 0 Å². The van der Waals surface area contributed by atoms with E-state index >= 15 is 0 Å². The van der Waals surface area contributed by atoms with E-state index in [1.54, 1.807) is 18.5 Å². The first-order valence-corrected chi connectivity index (χ1v) is 6.81. The quantitative estimate of drug-likeness (QED) is 0.849. The predicted octanol–water partition coefficient (Wildman–Crippen LogP) is 3.00. The molecule has 1 aromatic heterocycles. The van der Waals surface area contributed by atoms with Crippen molar-refractivity contribution in [1.29, 1.82) is 0 Å². The van der Waals surface area contributed by atoms with Gasteiger partial charge in [-0.25, -0.2) is 0 Å². The molecule has 0 fully saturated rings. The van der Waals surface area contributed by atoms with Crippen molar-refractivity contribution in [2.45, 2.75) is 13.8 Å². The third-order valence-electron chi connectivity index (χ3n) is 2.06. The summed E-state index contributed by atoms with van der Waals surface area (Å²) in [4.78, 5) is 15.7. The number of nitrogens with one attached hydrogen (secondary N) is 1. The van der Waals surface area contributed by atoms with Crippen LogP contribution in [0.4, 0.5) is 0 Å².